The average molecular weight is 180 g/mol. The molecule has 13 heavy (non-hydrogen) atoms. The van der Waals surface area contributed by atoms with Crippen LogP contribution in [0.15, 0.2) is 18.3 Å². The molecule has 1 rings (SSSR count). The average Bonchev–Trinajstić information content (AvgIpc) is 2.23. The minimum absolute atomic E-state index is 0.583. The topological polar surface area (TPSA) is 38.9 Å². The van der Waals surface area contributed by atoms with E-state index in [9.17, 15) is 0 Å². The van der Waals surface area contributed by atoms with Gasteiger partial charge >= 0.3 is 0 Å². The van der Waals surface area contributed by atoms with Crippen LogP contribution in [0.2, 0.25) is 0 Å². The van der Waals surface area contributed by atoms with Crippen molar-refractivity contribution in [1.82, 2.24) is 4.98 Å². The molecule has 0 unspecified atom stereocenters. The van der Waals surface area contributed by atoms with Crippen LogP contribution in [-0.4, -0.2) is 4.98 Å². The molecule has 2 nitrogen and oxygen atoms in total. The van der Waals surface area contributed by atoms with E-state index >= 15 is 0 Å². The first-order valence-corrected chi connectivity index (χ1v) is 5.00. The molecule has 0 atom stereocenters. The molecule has 1 heterocycles. The molecule has 2 heteroatoms. The molecule has 1 aromatic heterocycles. The first-order valence-electron chi connectivity index (χ1n) is 5.00. The molecule has 0 amide bonds. The van der Waals surface area contributed by atoms with E-state index in [1.807, 2.05) is 32.2 Å². The summed E-state index contributed by atoms with van der Waals surface area (Å²) >= 11 is 0. The van der Waals surface area contributed by atoms with E-state index in [0.29, 0.717) is 6.54 Å². The van der Waals surface area contributed by atoms with Crippen LogP contribution in [0.1, 0.15) is 38.4 Å². The van der Waals surface area contributed by atoms with E-state index in [1.54, 1.807) is 0 Å². The maximum atomic E-state index is 5.43. The normalized spacial score (nSPS) is 8.92. The molecule has 0 fully saturated rings. The van der Waals surface area contributed by atoms with Crippen LogP contribution in [0.4, 0.5) is 0 Å². The van der Waals surface area contributed by atoms with E-state index in [1.165, 1.54) is 0 Å². The summed E-state index contributed by atoms with van der Waals surface area (Å²) in [6.45, 7) is 6.73. The molecule has 74 valence electrons. The third-order valence-electron chi connectivity index (χ3n) is 1.63. The number of aryl methyl sites for hydroxylation is 1. The zero-order valence-electron chi connectivity index (χ0n) is 8.88. The lowest BCUT2D eigenvalue weighted by atomic mass is 10.2. The van der Waals surface area contributed by atoms with Crippen molar-refractivity contribution in [3.8, 4) is 0 Å². The molecule has 0 bridgehead atoms. The summed E-state index contributed by atoms with van der Waals surface area (Å²) in [5.74, 6) is 0. The lowest BCUT2D eigenvalue weighted by Crippen LogP contribution is -1.97. The van der Waals surface area contributed by atoms with E-state index in [-0.39, 0.29) is 0 Å². The minimum atomic E-state index is 0.583. The van der Waals surface area contributed by atoms with Gasteiger partial charge in [-0.15, -0.1) is 0 Å². The number of aromatic nitrogens is 1. The Hall–Kier alpha value is -0.890. The molecule has 0 saturated carbocycles. The van der Waals surface area contributed by atoms with Gasteiger partial charge in [0.2, 0.25) is 0 Å². The molecule has 0 aliphatic heterocycles. The molecule has 0 aliphatic carbocycles. The Morgan fingerprint density at radius 1 is 1.31 bits per heavy atom. The molecule has 0 aliphatic rings. The zero-order chi connectivity index (χ0) is 10.1. The van der Waals surface area contributed by atoms with Gasteiger partial charge in [0, 0.05) is 18.4 Å². The predicted octanol–water partition coefficient (Wildman–Crippen LogP) is 2.52. The van der Waals surface area contributed by atoms with Gasteiger partial charge in [-0.2, -0.15) is 0 Å². The molecular weight excluding hydrogens is 160 g/mol. The van der Waals surface area contributed by atoms with Crippen LogP contribution in [-0.2, 0) is 13.0 Å². The first-order chi connectivity index (χ1) is 6.36. The van der Waals surface area contributed by atoms with Gasteiger partial charge in [-0.3, -0.25) is 4.98 Å². The smallest absolute Gasteiger partial charge is 0.0403 e. The molecular formula is C11H20N2. The third-order valence-corrected chi connectivity index (χ3v) is 1.63. The van der Waals surface area contributed by atoms with Crippen LogP contribution < -0.4 is 5.73 Å². The van der Waals surface area contributed by atoms with Crippen molar-refractivity contribution >= 4 is 0 Å². The van der Waals surface area contributed by atoms with Gasteiger partial charge in [0.25, 0.3) is 0 Å². The number of rotatable bonds is 3. The Balaban J connectivity index is 0.000000671. The number of nitrogens with zero attached hydrogens (tertiary/aromatic N) is 1. The fourth-order valence-electron chi connectivity index (χ4n) is 0.980. The SMILES string of the molecule is CC.CCCc1ccc(CN)cn1. The quantitative estimate of drug-likeness (QED) is 0.776. The summed E-state index contributed by atoms with van der Waals surface area (Å²) in [6.07, 6.45) is 4.06. The van der Waals surface area contributed by atoms with Crippen LogP contribution in [0, 0.1) is 0 Å². The Bertz CT molecular complexity index is 204. The van der Waals surface area contributed by atoms with Gasteiger partial charge in [0.05, 0.1) is 0 Å². The van der Waals surface area contributed by atoms with Crippen molar-refractivity contribution in [2.45, 2.75) is 40.2 Å². The standard InChI is InChI=1S/C9H14N2.C2H6/c1-2-3-9-5-4-8(6-10)7-11-9;1-2/h4-5,7H,2-3,6,10H2,1H3;1-2H3. The molecule has 1 aromatic rings. The molecule has 0 aromatic carbocycles. The van der Waals surface area contributed by atoms with Gasteiger partial charge < -0.3 is 5.73 Å². The van der Waals surface area contributed by atoms with Crippen LogP contribution in [0.3, 0.4) is 0 Å². The summed E-state index contributed by atoms with van der Waals surface area (Å²) in [6, 6.07) is 4.09. The summed E-state index contributed by atoms with van der Waals surface area (Å²) in [5, 5.41) is 0. The van der Waals surface area contributed by atoms with Crippen molar-refractivity contribution in [2.75, 3.05) is 0 Å². The minimum Gasteiger partial charge on any atom is -0.326 e. The van der Waals surface area contributed by atoms with Gasteiger partial charge in [-0.25, -0.2) is 0 Å². The highest BCUT2D eigenvalue weighted by molar-refractivity contribution is 5.13. The van der Waals surface area contributed by atoms with Gasteiger partial charge in [-0.05, 0) is 18.1 Å². The van der Waals surface area contributed by atoms with E-state index in [4.69, 9.17) is 5.73 Å². The van der Waals surface area contributed by atoms with Crippen LogP contribution in [0.25, 0.3) is 0 Å². The highest BCUT2D eigenvalue weighted by Gasteiger charge is 1.92. The van der Waals surface area contributed by atoms with E-state index in [0.717, 1.165) is 24.1 Å². The van der Waals surface area contributed by atoms with Crippen molar-refractivity contribution in [1.29, 1.82) is 0 Å². The number of hydrogen-bond acceptors (Lipinski definition) is 2. The number of nitrogens with two attached hydrogens (primary N) is 1. The van der Waals surface area contributed by atoms with E-state index < -0.39 is 0 Å². The summed E-state index contributed by atoms with van der Waals surface area (Å²) < 4.78 is 0. The summed E-state index contributed by atoms with van der Waals surface area (Å²) in [7, 11) is 0. The van der Waals surface area contributed by atoms with Gasteiger partial charge in [0.15, 0.2) is 0 Å². The zero-order valence-corrected chi connectivity index (χ0v) is 8.88. The Labute approximate surface area is 81.2 Å². The van der Waals surface area contributed by atoms with Crippen LogP contribution >= 0.6 is 0 Å². The highest BCUT2D eigenvalue weighted by Crippen LogP contribution is 2.01. The number of pyridine rings is 1. The van der Waals surface area contributed by atoms with Gasteiger partial charge in [0.1, 0.15) is 0 Å². The largest absolute Gasteiger partial charge is 0.326 e. The Morgan fingerprint density at radius 3 is 2.38 bits per heavy atom. The van der Waals surface area contributed by atoms with Crippen molar-refractivity contribution in [3.63, 3.8) is 0 Å². The maximum absolute atomic E-state index is 5.43. The lowest BCUT2D eigenvalue weighted by molar-refractivity contribution is 0.876. The lowest BCUT2D eigenvalue weighted by Gasteiger charge is -1.98. The monoisotopic (exact) mass is 180 g/mol. The molecule has 0 saturated heterocycles. The summed E-state index contributed by atoms with van der Waals surface area (Å²) in [4.78, 5) is 4.26. The van der Waals surface area contributed by atoms with E-state index in [2.05, 4.69) is 11.9 Å². The number of hydrogen-bond donors (Lipinski definition) is 1. The van der Waals surface area contributed by atoms with Crippen LogP contribution in [0.5, 0.6) is 0 Å². The third kappa shape index (κ3) is 4.63. The van der Waals surface area contributed by atoms with Crippen molar-refractivity contribution in [2.24, 2.45) is 5.73 Å². The summed E-state index contributed by atoms with van der Waals surface area (Å²) in [5.41, 5.74) is 7.69. The fraction of sp³-hybridized carbons (Fsp3) is 0.545. The fourth-order valence-corrected chi connectivity index (χ4v) is 0.980. The Kier molecular flexibility index (Phi) is 7.21. The molecule has 0 spiro atoms. The maximum Gasteiger partial charge on any atom is 0.0403 e. The second kappa shape index (κ2) is 7.74. The first kappa shape index (κ1) is 12.1. The Morgan fingerprint density at radius 2 is 2.00 bits per heavy atom. The predicted molar refractivity (Wildman–Crippen MR) is 57.5 cm³/mol. The molecule has 0 radical (unpaired) electrons. The second-order valence-corrected chi connectivity index (χ2v) is 2.61. The molecule has 2 N–H and O–H groups in total. The van der Waals surface area contributed by atoms with Crippen molar-refractivity contribution in [3.05, 3.63) is 29.6 Å². The second-order valence-electron chi connectivity index (χ2n) is 2.61. The van der Waals surface area contributed by atoms with Gasteiger partial charge in [-0.1, -0.05) is 33.3 Å². The highest BCUT2D eigenvalue weighted by atomic mass is 14.7. The van der Waals surface area contributed by atoms with Crippen molar-refractivity contribution < 1.29 is 0 Å².